The van der Waals surface area contributed by atoms with Gasteiger partial charge in [-0.1, -0.05) is 36.4 Å². The third-order valence-electron chi connectivity index (χ3n) is 6.95. The Hall–Kier alpha value is -4.59. The summed E-state index contributed by atoms with van der Waals surface area (Å²) in [7, 11) is 0. The van der Waals surface area contributed by atoms with Crippen molar-refractivity contribution in [2.45, 2.75) is 19.0 Å². The molecule has 2 amide bonds. The fourth-order valence-electron chi connectivity index (χ4n) is 5.43. The number of nitrogens with zero attached hydrogens (tertiary/aromatic N) is 3. The molecule has 3 heterocycles. The van der Waals surface area contributed by atoms with E-state index in [0.717, 1.165) is 10.8 Å². The van der Waals surface area contributed by atoms with Crippen LogP contribution in [0, 0.1) is 11.8 Å². The molecule has 0 spiro atoms. The summed E-state index contributed by atoms with van der Waals surface area (Å²) in [6.07, 6.45) is 5.10. The number of esters is 1. The minimum Gasteiger partial charge on any atom is -0.427 e. The van der Waals surface area contributed by atoms with E-state index in [2.05, 4.69) is 5.10 Å². The van der Waals surface area contributed by atoms with Gasteiger partial charge in [-0.15, -0.1) is 0 Å². The lowest BCUT2D eigenvalue weighted by Crippen LogP contribution is -2.46. The van der Waals surface area contributed by atoms with Gasteiger partial charge in [-0.3, -0.25) is 24.2 Å². The molecule has 0 bridgehead atoms. The zero-order chi connectivity index (χ0) is 25.0. The summed E-state index contributed by atoms with van der Waals surface area (Å²) in [5, 5.41) is 7.86. The van der Waals surface area contributed by atoms with Crippen LogP contribution in [-0.2, 0) is 14.4 Å². The van der Waals surface area contributed by atoms with Gasteiger partial charge in [-0.05, 0) is 53.2 Å². The van der Waals surface area contributed by atoms with Crippen LogP contribution in [0.4, 0.5) is 5.69 Å². The van der Waals surface area contributed by atoms with Crippen LogP contribution in [-0.4, -0.2) is 46.9 Å². The van der Waals surface area contributed by atoms with Crippen LogP contribution < -0.4 is 9.64 Å². The average Bonchev–Trinajstić information content (AvgIpc) is 3.36. The fraction of sp³-hybridized carbons (Fsp3) is 0.179. The Morgan fingerprint density at radius 1 is 0.889 bits per heavy atom. The molecule has 0 radical (unpaired) electrons. The summed E-state index contributed by atoms with van der Waals surface area (Å²) < 4.78 is 5.06. The first-order valence-corrected chi connectivity index (χ1v) is 11.6. The number of hydrogen-bond donors (Lipinski definition) is 0. The lowest BCUT2D eigenvalue weighted by Gasteiger charge is -2.30. The number of rotatable bonds is 4. The van der Waals surface area contributed by atoms with E-state index in [4.69, 9.17) is 4.74 Å². The Kier molecular flexibility index (Phi) is 5.03. The third-order valence-corrected chi connectivity index (χ3v) is 6.95. The van der Waals surface area contributed by atoms with Crippen molar-refractivity contribution in [2.75, 3.05) is 4.90 Å². The number of amides is 2. The highest BCUT2D eigenvalue weighted by molar-refractivity contribution is 6.25. The quantitative estimate of drug-likeness (QED) is 0.246. The Morgan fingerprint density at radius 3 is 2.36 bits per heavy atom. The fourth-order valence-corrected chi connectivity index (χ4v) is 5.43. The van der Waals surface area contributed by atoms with Crippen molar-refractivity contribution in [3.05, 3.63) is 84.4 Å². The van der Waals surface area contributed by atoms with Crippen LogP contribution >= 0.6 is 0 Å². The van der Waals surface area contributed by atoms with Crippen molar-refractivity contribution in [1.82, 2.24) is 5.01 Å². The predicted molar refractivity (Wildman–Crippen MR) is 133 cm³/mol. The SMILES string of the molecule is CC(=O)Oc1ccc(C(=O)[C@H]2[C@@H]3C(=O)N(c4ccc5ccccc5c4)C(=O)[C@@H]3[C@H]3C=CC=NN32)cc1. The number of ether oxygens (including phenoxy) is 1. The number of benzene rings is 3. The number of fused-ring (bicyclic) bond motifs is 4. The molecule has 8 nitrogen and oxygen atoms in total. The predicted octanol–water partition coefficient (Wildman–Crippen LogP) is 3.36. The molecular formula is C28H21N3O5. The lowest BCUT2D eigenvalue weighted by molar-refractivity contribution is -0.132. The van der Waals surface area contributed by atoms with Gasteiger partial charge in [0.05, 0.1) is 23.6 Å². The maximum atomic E-state index is 13.8. The number of anilines is 1. The third kappa shape index (κ3) is 3.33. The number of imide groups is 1. The normalized spacial score (nSPS) is 24.2. The van der Waals surface area contributed by atoms with E-state index >= 15 is 0 Å². The highest BCUT2D eigenvalue weighted by Crippen LogP contribution is 2.46. The Labute approximate surface area is 206 Å². The van der Waals surface area contributed by atoms with Gasteiger partial charge in [0.1, 0.15) is 11.8 Å². The molecule has 3 aromatic carbocycles. The molecule has 6 rings (SSSR count). The van der Waals surface area contributed by atoms with Gasteiger partial charge in [-0.2, -0.15) is 5.10 Å². The number of allylic oxidation sites excluding steroid dienone is 1. The second kappa shape index (κ2) is 8.27. The Bertz CT molecular complexity index is 1490. The van der Waals surface area contributed by atoms with Gasteiger partial charge in [0.2, 0.25) is 11.8 Å². The average molecular weight is 479 g/mol. The van der Waals surface area contributed by atoms with E-state index in [0.29, 0.717) is 17.0 Å². The standard InChI is InChI=1S/C28H21N3O5/c1-16(32)36-21-12-9-18(10-13-21)26(33)25-24-23(22-7-4-14-29-31(22)25)27(34)30(28(24)35)20-11-8-17-5-2-3-6-19(17)15-20/h2-15,22-25H,1H3/t22-,23-,24-,25-/m1/s1. The molecule has 0 saturated carbocycles. The zero-order valence-corrected chi connectivity index (χ0v) is 19.3. The summed E-state index contributed by atoms with van der Waals surface area (Å²) in [4.78, 5) is 53.6. The first-order valence-electron chi connectivity index (χ1n) is 11.6. The molecule has 3 aliphatic rings. The van der Waals surface area contributed by atoms with Crippen molar-refractivity contribution in [3.8, 4) is 5.75 Å². The molecule has 8 heteroatoms. The second-order valence-corrected chi connectivity index (χ2v) is 9.04. The monoisotopic (exact) mass is 479 g/mol. The van der Waals surface area contributed by atoms with Gasteiger partial charge < -0.3 is 4.74 Å². The van der Waals surface area contributed by atoms with Crippen molar-refractivity contribution >= 4 is 46.2 Å². The highest BCUT2D eigenvalue weighted by Gasteiger charge is 2.64. The highest BCUT2D eigenvalue weighted by atomic mass is 16.5. The van der Waals surface area contributed by atoms with Gasteiger partial charge in [0.25, 0.3) is 0 Å². The van der Waals surface area contributed by atoms with Gasteiger partial charge in [0.15, 0.2) is 5.78 Å². The van der Waals surface area contributed by atoms with E-state index in [1.165, 1.54) is 24.0 Å². The van der Waals surface area contributed by atoms with Crippen molar-refractivity contribution < 1.29 is 23.9 Å². The number of Topliss-reactive ketones (excluding diaryl/α,β-unsaturated/α-hetero) is 1. The number of carbonyl (C=O) groups excluding carboxylic acids is 4. The Morgan fingerprint density at radius 2 is 1.61 bits per heavy atom. The summed E-state index contributed by atoms with van der Waals surface area (Å²) in [6.45, 7) is 1.30. The van der Waals surface area contributed by atoms with Crippen LogP contribution in [0.2, 0.25) is 0 Å². The zero-order valence-electron chi connectivity index (χ0n) is 19.3. The molecule has 4 atom stereocenters. The second-order valence-electron chi connectivity index (χ2n) is 9.04. The number of carbonyl (C=O) groups is 4. The molecular weight excluding hydrogens is 458 g/mol. The number of hydrazone groups is 1. The van der Waals surface area contributed by atoms with E-state index in [9.17, 15) is 19.2 Å². The summed E-state index contributed by atoms with van der Waals surface area (Å²) in [6, 6.07) is 17.9. The van der Waals surface area contributed by atoms with Crippen LogP contribution in [0.5, 0.6) is 5.75 Å². The van der Waals surface area contributed by atoms with Crippen LogP contribution in [0.3, 0.4) is 0 Å². The molecule has 0 aliphatic carbocycles. The van der Waals surface area contributed by atoms with E-state index in [1.54, 1.807) is 35.5 Å². The van der Waals surface area contributed by atoms with Crippen molar-refractivity contribution in [2.24, 2.45) is 16.9 Å². The van der Waals surface area contributed by atoms with Crippen LogP contribution in [0.1, 0.15) is 17.3 Å². The van der Waals surface area contributed by atoms with Gasteiger partial charge in [0, 0.05) is 18.7 Å². The number of hydrogen-bond acceptors (Lipinski definition) is 7. The van der Waals surface area contributed by atoms with Gasteiger partial charge >= 0.3 is 5.97 Å². The van der Waals surface area contributed by atoms with E-state index < -0.39 is 35.8 Å². The van der Waals surface area contributed by atoms with Crippen molar-refractivity contribution in [1.29, 1.82) is 0 Å². The maximum absolute atomic E-state index is 13.8. The molecule has 3 aliphatic heterocycles. The first-order chi connectivity index (χ1) is 17.4. The molecule has 0 N–H and O–H groups in total. The number of ketones is 1. The topological polar surface area (TPSA) is 96.3 Å². The molecule has 2 fully saturated rings. The van der Waals surface area contributed by atoms with E-state index in [1.807, 2.05) is 42.5 Å². The molecule has 0 unspecified atom stereocenters. The minimum absolute atomic E-state index is 0.315. The Balaban J connectivity index is 1.38. The molecule has 178 valence electrons. The summed E-state index contributed by atoms with van der Waals surface area (Å²) in [5.41, 5.74) is 0.828. The lowest BCUT2D eigenvalue weighted by atomic mass is 9.86. The minimum atomic E-state index is -0.942. The van der Waals surface area contributed by atoms with Crippen LogP contribution in [0.25, 0.3) is 10.8 Å². The molecule has 0 aromatic heterocycles. The van der Waals surface area contributed by atoms with Gasteiger partial charge in [-0.25, -0.2) is 4.90 Å². The first kappa shape index (κ1) is 21.9. The molecule has 36 heavy (non-hydrogen) atoms. The van der Waals surface area contributed by atoms with Crippen molar-refractivity contribution in [3.63, 3.8) is 0 Å². The summed E-state index contributed by atoms with van der Waals surface area (Å²) in [5.74, 6) is -2.83. The largest absolute Gasteiger partial charge is 0.427 e. The van der Waals surface area contributed by atoms with Crippen LogP contribution in [0.15, 0.2) is 84.0 Å². The summed E-state index contributed by atoms with van der Waals surface area (Å²) >= 11 is 0. The maximum Gasteiger partial charge on any atom is 0.308 e. The smallest absolute Gasteiger partial charge is 0.308 e. The van der Waals surface area contributed by atoms with E-state index in [-0.39, 0.29) is 11.7 Å². The molecule has 2 saturated heterocycles. The molecule has 3 aromatic rings.